The second kappa shape index (κ2) is 5.86. The van der Waals surface area contributed by atoms with Crippen LogP contribution in [0.5, 0.6) is 0 Å². The van der Waals surface area contributed by atoms with Gasteiger partial charge in [-0.25, -0.2) is 4.39 Å². The summed E-state index contributed by atoms with van der Waals surface area (Å²) in [5, 5.41) is 0.0274. The molecule has 0 aliphatic rings. The number of hydrogen-bond acceptors (Lipinski definition) is 2. The van der Waals surface area contributed by atoms with Gasteiger partial charge in [-0.15, -0.1) is 0 Å². The van der Waals surface area contributed by atoms with E-state index in [0.717, 1.165) is 6.07 Å². The largest absolute Gasteiger partial charge is 0.446 e. The molecule has 0 N–H and O–H groups in total. The molecule has 1 nitrogen and oxygen atoms in total. The topological polar surface area (TPSA) is 17.1 Å². The molecule has 94 valence electrons. The molecule has 0 fully saturated rings. The van der Waals surface area contributed by atoms with Gasteiger partial charge in [-0.1, -0.05) is 28.1 Å². The molecule has 0 bridgehead atoms. The van der Waals surface area contributed by atoms with Gasteiger partial charge in [0.1, 0.15) is 11.6 Å². The lowest BCUT2D eigenvalue weighted by Gasteiger charge is -2.11. The summed E-state index contributed by atoms with van der Waals surface area (Å²) in [6.45, 7) is 0. The van der Waals surface area contributed by atoms with Crippen molar-refractivity contribution < 1.29 is 22.4 Å². The summed E-state index contributed by atoms with van der Waals surface area (Å²) in [5.74, 6) is -1.27. The molecule has 0 radical (unpaired) electrons. The Bertz CT molecular complexity index is 419. The van der Waals surface area contributed by atoms with Crippen molar-refractivity contribution in [2.75, 3.05) is 5.33 Å². The van der Waals surface area contributed by atoms with Crippen LogP contribution in [0, 0.1) is 5.82 Å². The van der Waals surface area contributed by atoms with E-state index in [-0.39, 0.29) is 23.1 Å². The monoisotopic (exact) mass is 330 g/mol. The Morgan fingerprint density at radius 2 is 2.00 bits per heavy atom. The number of carbonyl (C=O) groups excluding carboxylic acids is 1. The molecule has 0 saturated carbocycles. The first-order chi connectivity index (χ1) is 7.83. The van der Waals surface area contributed by atoms with Gasteiger partial charge in [-0.3, -0.25) is 4.79 Å². The first-order valence-corrected chi connectivity index (χ1v) is 6.38. The van der Waals surface area contributed by atoms with Gasteiger partial charge in [0.15, 0.2) is 0 Å². The van der Waals surface area contributed by atoms with Crippen LogP contribution in [0.2, 0.25) is 0 Å². The molecule has 0 aliphatic carbocycles. The third-order valence-electron chi connectivity index (χ3n) is 1.80. The normalized spacial score (nSPS) is 11.6. The number of thioether (sulfide) groups is 1. The first kappa shape index (κ1) is 14.5. The lowest BCUT2D eigenvalue weighted by Crippen LogP contribution is -2.08. The fraction of sp³-hybridized carbons (Fsp3) is 0.300. The van der Waals surface area contributed by atoms with E-state index in [4.69, 9.17) is 0 Å². The SMILES string of the molecule is O=C(CBr)Cc1cccc(F)c1SC(F)(F)F. The van der Waals surface area contributed by atoms with E-state index in [1.54, 1.807) is 0 Å². The number of ketones is 1. The van der Waals surface area contributed by atoms with Gasteiger partial charge < -0.3 is 0 Å². The maximum Gasteiger partial charge on any atom is 0.446 e. The van der Waals surface area contributed by atoms with Crippen LogP contribution in [-0.2, 0) is 11.2 Å². The van der Waals surface area contributed by atoms with Crippen LogP contribution in [0.25, 0.3) is 0 Å². The highest BCUT2D eigenvalue weighted by Gasteiger charge is 2.32. The zero-order chi connectivity index (χ0) is 13.1. The average molecular weight is 331 g/mol. The van der Waals surface area contributed by atoms with E-state index in [1.807, 2.05) is 0 Å². The summed E-state index contributed by atoms with van der Waals surface area (Å²) in [4.78, 5) is 10.6. The summed E-state index contributed by atoms with van der Waals surface area (Å²) in [7, 11) is 0. The average Bonchev–Trinajstić information content (AvgIpc) is 2.21. The molecule has 7 heteroatoms. The highest BCUT2D eigenvalue weighted by Crippen LogP contribution is 2.40. The smallest absolute Gasteiger partial charge is 0.298 e. The van der Waals surface area contributed by atoms with Gasteiger partial charge in [-0.2, -0.15) is 13.2 Å². The third kappa shape index (κ3) is 4.67. The lowest BCUT2D eigenvalue weighted by molar-refractivity contribution is -0.115. The summed E-state index contributed by atoms with van der Waals surface area (Å²) in [6.07, 6.45) is -0.221. The fourth-order valence-electron chi connectivity index (χ4n) is 1.18. The summed E-state index contributed by atoms with van der Waals surface area (Å²) >= 11 is 2.37. The van der Waals surface area contributed by atoms with Gasteiger partial charge >= 0.3 is 5.51 Å². The van der Waals surface area contributed by atoms with Gasteiger partial charge in [-0.05, 0) is 23.4 Å². The second-order valence-corrected chi connectivity index (χ2v) is 4.76. The zero-order valence-electron chi connectivity index (χ0n) is 8.35. The van der Waals surface area contributed by atoms with Crippen molar-refractivity contribution in [1.29, 1.82) is 0 Å². The molecule has 1 aromatic rings. The fourth-order valence-corrected chi connectivity index (χ4v) is 2.05. The molecule has 0 aromatic heterocycles. The van der Waals surface area contributed by atoms with Gasteiger partial charge in [0.25, 0.3) is 0 Å². The van der Waals surface area contributed by atoms with Gasteiger partial charge in [0.2, 0.25) is 0 Å². The Labute approximate surface area is 108 Å². The minimum atomic E-state index is -4.58. The van der Waals surface area contributed by atoms with Crippen molar-refractivity contribution in [3.8, 4) is 0 Å². The van der Waals surface area contributed by atoms with Gasteiger partial charge in [0, 0.05) is 6.42 Å². The number of Topliss-reactive ketones (excluding diaryl/α,β-unsaturated/α-hetero) is 1. The molecule has 0 amide bonds. The van der Waals surface area contributed by atoms with E-state index in [0.29, 0.717) is 0 Å². The Hall–Kier alpha value is -0.560. The number of alkyl halides is 4. The molecule has 0 aliphatic heterocycles. The quantitative estimate of drug-likeness (QED) is 0.472. The highest BCUT2D eigenvalue weighted by atomic mass is 79.9. The first-order valence-electron chi connectivity index (χ1n) is 4.44. The van der Waals surface area contributed by atoms with Crippen LogP contribution >= 0.6 is 27.7 Å². The Morgan fingerprint density at radius 3 is 2.53 bits per heavy atom. The number of halogens is 5. The molecule has 0 unspecified atom stereocenters. The van der Waals surface area contributed by atoms with Crippen LogP contribution in [0.3, 0.4) is 0 Å². The lowest BCUT2D eigenvalue weighted by atomic mass is 10.1. The van der Waals surface area contributed by atoms with Gasteiger partial charge in [0.05, 0.1) is 10.2 Å². The van der Waals surface area contributed by atoms with Crippen molar-refractivity contribution in [2.45, 2.75) is 16.8 Å². The van der Waals surface area contributed by atoms with Crippen molar-refractivity contribution >= 4 is 33.5 Å². The highest BCUT2D eigenvalue weighted by molar-refractivity contribution is 9.09. The van der Waals surface area contributed by atoms with E-state index >= 15 is 0 Å². The molecule has 0 atom stereocenters. The Kier molecular flexibility index (Phi) is 5.00. The van der Waals surface area contributed by atoms with E-state index in [2.05, 4.69) is 15.9 Å². The predicted molar refractivity (Wildman–Crippen MR) is 60.8 cm³/mol. The van der Waals surface area contributed by atoms with Crippen LogP contribution < -0.4 is 0 Å². The Morgan fingerprint density at radius 1 is 1.35 bits per heavy atom. The van der Waals surface area contributed by atoms with Crippen molar-refractivity contribution in [1.82, 2.24) is 0 Å². The van der Waals surface area contributed by atoms with Crippen LogP contribution in [-0.4, -0.2) is 16.6 Å². The summed E-state index contributed by atoms with van der Waals surface area (Å²) in [6, 6.07) is 3.54. The number of rotatable bonds is 4. The van der Waals surface area contributed by atoms with E-state index < -0.39 is 28.0 Å². The second-order valence-electron chi connectivity index (χ2n) is 3.12. The third-order valence-corrected chi connectivity index (χ3v) is 3.32. The molecule has 0 saturated heterocycles. The standard InChI is InChI=1S/C10H7BrF4OS/c11-5-7(16)4-6-2-1-3-8(12)9(6)17-10(13,14)15/h1-3H,4-5H2. The van der Waals surface area contributed by atoms with E-state index in [9.17, 15) is 22.4 Å². The van der Waals surface area contributed by atoms with Crippen LogP contribution in [0.1, 0.15) is 5.56 Å². The number of benzene rings is 1. The maximum atomic E-state index is 13.3. The van der Waals surface area contributed by atoms with Crippen molar-refractivity contribution in [3.05, 3.63) is 29.6 Å². The van der Waals surface area contributed by atoms with Crippen molar-refractivity contribution in [3.63, 3.8) is 0 Å². The molecule has 1 aromatic carbocycles. The minimum absolute atomic E-state index is 0.0274. The molecular formula is C10H7BrF4OS. The minimum Gasteiger partial charge on any atom is -0.298 e. The molecular weight excluding hydrogens is 324 g/mol. The predicted octanol–water partition coefficient (Wildman–Crippen LogP) is 3.94. The molecule has 1 rings (SSSR count). The molecule has 0 heterocycles. The number of carbonyl (C=O) groups is 1. The van der Waals surface area contributed by atoms with E-state index in [1.165, 1.54) is 12.1 Å². The summed E-state index contributed by atoms with van der Waals surface area (Å²) < 4.78 is 50.0. The van der Waals surface area contributed by atoms with Crippen molar-refractivity contribution in [2.24, 2.45) is 0 Å². The Balaban J connectivity index is 3.04. The molecule has 0 spiro atoms. The van der Waals surface area contributed by atoms with Crippen LogP contribution in [0.4, 0.5) is 17.6 Å². The van der Waals surface area contributed by atoms with Crippen LogP contribution in [0.15, 0.2) is 23.1 Å². The number of hydrogen-bond donors (Lipinski definition) is 0. The summed E-state index contributed by atoms with van der Waals surface area (Å²) in [5.41, 5.74) is -4.52. The molecule has 17 heavy (non-hydrogen) atoms. The maximum absolute atomic E-state index is 13.3. The zero-order valence-corrected chi connectivity index (χ0v) is 10.8.